The van der Waals surface area contributed by atoms with Crippen molar-refractivity contribution in [3.8, 4) is 11.5 Å². The molecule has 0 saturated carbocycles. The van der Waals surface area contributed by atoms with E-state index in [1.54, 1.807) is 30.3 Å². The highest BCUT2D eigenvalue weighted by atomic mass is 16.5. The topological polar surface area (TPSA) is 92.0 Å². The zero-order chi connectivity index (χ0) is 14.8. The SMILES string of the molecule is N=C(N)c1ccccc1Oc1cc2ccccc2[nH]c1=O. The molecule has 0 aliphatic carbocycles. The number of benzene rings is 2. The van der Waals surface area contributed by atoms with Crippen LogP contribution in [0.25, 0.3) is 10.9 Å². The lowest BCUT2D eigenvalue weighted by atomic mass is 10.2. The Morgan fingerprint density at radius 1 is 1.05 bits per heavy atom. The molecule has 3 aromatic rings. The summed E-state index contributed by atoms with van der Waals surface area (Å²) in [6.45, 7) is 0. The van der Waals surface area contributed by atoms with Gasteiger partial charge in [-0.05, 0) is 24.3 Å². The lowest BCUT2D eigenvalue weighted by molar-refractivity contribution is 0.475. The Hall–Kier alpha value is -3.08. The summed E-state index contributed by atoms with van der Waals surface area (Å²) in [6, 6.07) is 16.0. The number of para-hydroxylation sites is 2. The first kappa shape index (κ1) is 12.9. The van der Waals surface area contributed by atoms with Gasteiger partial charge in [-0.1, -0.05) is 30.3 Å². The fourth-order valence-electron chi connectivity index (χ4n) is 2.10. The highest BCUT2D eigenvalue weighted by molar-refractivity contribution is 5.97. The van der Waals surface area contributed by atoms with Crippen molar-refractivity contribution < 1.29 is 4.74 Å². The molecular weight excluding hydrogens is 266 g/mol. The molecule has 21 heavy (non-hydrogen) atoms. The van der Waals surface area contributed by atoms with E-state index in [0.29, 0.717) is 11.3 Å². The second-order valence-corrected chi connectivity index (χ2v) is 4.56. The molecule has 0 aliphatic rings. The lowest BCUT2D eigenvalue weighted by Gasteiger charge is -2.10. The van der Waals surface area contributed by atoms with Crippen molar-refractivity contribution in [2.45, 2.75) is 0 Å². The van der Waals surface area contributed by atoms with Crippen molar-refractivity contribution in [1.82, 2.24) is 4.98 Å². The molecule has 0 fully saturated rings. The van der Waals surface area contributed by atoms with Crippen molar-refractivity contribution in [1.29, 1.82) is 5.41 Å². The molecular formula is C16H13N3O2. The smallest absolute Gasteiger partial charge is 0.291 e. The first-order valence-electron chi connectivity index (χ1n) is 6.38. The maximum absolute atomic E-state index is 12.1. The summed E-state index contributed by atoms with van der Waals surface area (Å²) in [7, 11) is 0. The van der Waals surface area contributed by atoms with Gasteiger partial charge in [-0.25, -0.2) is 0 Å². The number of aromatic amines is 1. The van der Waals surface area contributed by atoms with Gasteiger partial charge in [0, 0.05) is 10.9 Å². The zero-order valence-electron chi connectivity index (χ0n) is 11.1. The van der Waals surface area contributed by atoms with E-state index in [-0.39, 0.29) is 17.1 Å². The van der Waals surface area contributed by atoms with E-state index in [1.165, 1.54) is 0 Å². The van der Waals surface area contributed by atoms with E-state index < -0.39 is 0 Å². The Labute approximate surface area is 120 Å². The molecule has 0 bridgehead atoms. The monoisotopic (exact) mass is 279 g/mol. The molecule has 5 nitrogen and oxygen atoms in total. The fourth-order valence-corrected chi connectivity index (χ4v) is 2.10. The van der Waals surface area contributed by atoms with Crippen molar-refractivity contribution in [2.75, 3.05) is 0 Å². The summed E-state index contributed by atoms with van der Waals surface area (Å²) in [5.41, 5.74) is 6.38. The predicted octanol–water partition coefficient (Wildman–Crippen LogP) is 2.60. The van der Waals surface area contributed by atoms with Gasteiger partial charge in [-0.2, -0.15) is 0 Å². The Kier molecular flexibility index (Phi) is 3.16. The van der Waals surface area contributed by atoms with Gasteiger partial charge in [0.05, 0.1) is 5.56 Å². The van der Waals surface area contributed by atoms with E-state index in [0.717, 1.165) is 10.9 Å². The minimum Gasteiger partial charge on any atom is -0.451 e. The normalized spacial score (nSPS) is 10.5. The van der Waals surface area contributed by atoms with Crippen molar-refractivity contribution in [3.05, 3.63) is 70.5 Å². The number of nitrogen functional groups attached to an aromatic ring is 1. The summed E-state index contributed by atoms with van der Waals surface area (Å²) in [6.07, 6.45) is 0. The second kappa shape index (κ2) is 5.13. The molecule has 0 radical (unpaired) electrons. The second-order valence-electron chi connectivity index (χ2n) is 4.56. The molecule has 3 rings (SSSR count). The number of fused-ring (bicyclic) bond motifs is 1. The Morgan fingerprint density at radius 3 is 2.57 bits per heavy atom. The summed E-state index contributed by atoms with van der Waals surface area (Å²) in [5.74, 6) is 0.441. The van der Waals surface area contributed by atoms with Crippen LogP contribution < -0.4 is 16.0 Å². The van der Waals surface area contributed by atoms with Gasteiger partial charge in [0.1, 0.15) is 11.6 Å². The van der Waals surface area contributed by atoms with Crippen molar-refractivity contribution in [2.24, 2.45) is 5.73 Å². The molecule has 4 N–H and O–H groups in total. The van der Waals surface area contributed by atoms with Gasteiger partial charge in [-0.3, -0.25) is 10.2 Å². The zero-order valence-corrected chi connectivity index (χ0v) is 11.1. The highest BCUT2D eigenvalue weighted by Crippen LogP contribution is 2.24. The van der Waals surface area contributed by atoms with E-state index in [9.17, 15) is 4.79 Å². The largest absolute Gasteiger partial charge is 0.451 e. The standard InChI is InChI=1S/C16H13N3O2/c17-15(18)11-6-2-4-8-13(11)21-14-9-10-5-1-3-7-12(10)19-16(14)20/h1-9H,(H3,17,18)(H,19,20). The summed E-state index contributed by atoms with van der Waals surface area (Å²) in [4.78, 5) is 14.8. The molecule has 104 valence electrons. The van der Waals surface area contributed by atoms with Crippen LogP contribution in [0.15, 0.2) is 59.4 Å². The third kappa shape index (κ3) is 2.49. The molecule has 0 unspecified atom stereocenters. The van der Waals surface area contributed by atoms with E-state index in [4.69, 9.17) is 15.9 Å². The minimum atomic E-state index is -0.327. The third-order valence-corrected chi connectivity index (χ3v) is 3.12. The molecule has 5 heteroatoms. The molecule has 2 aromatic carbocycles. The van der Waals surface area contributed by atoms with Crippen LogP contribution in [0.1, 0.15) is 5.56 Å². The van der Waals surface area contributed by atoms with Crippen LogP contribution in [0.3, 0.4) is 0 Å². The summed E-state index contributed by atoms with van der Waals surface area (Å²) < 4.78 is 5.65. The van der Waals surface area contributed by atoms with Crippen LogP contribution in [0.4, 0.5) is 0 Å². The molecule has 0 aliphatic heterocycles. The van der Waals surface area contributed by atoms with Crippen molar-refractivity contribution in [3.63, 3.8) is 0 Å². The first-order chi connectivity index (χ1) is 10.1. The predicted molar refractivity (Wildman–Crippen MR) is 82.1 cm³/mol. The number of H-pyrrole nitrogens is 1. The van der Waals surface area contributed by atoms with Crippen LogP contribution in [-0.4, -0.2) is 10.8 Å². The Bertz CT molecular complexity index is 884. The average Bonchev–Trinajstić information content (AvgIpc) is 2.48. The number of hydrogen-bond donors (Lipinski definition) is 3. The number of hydrogen-bond acceptors (Lipinski definition) is 3. The third-order valence-electron chi connectivity index (χ3n) is 3.12. The number of ether oxygens (including phenoxy) is 1. The first-order valence-corrected chi connectivity index (χ1v) is 6.38. The Balaban J connectivity index is 2.08. The van der Waals surface area contributed by atoms with Gasteiger partial charge >= 0.3 is 0 Å². The molecule has 0 spiro atoms. The molecule has 0 amide bonds. The highest BCUT2D eigenvalue weighted by Gasteiger charge is 2.10. The van der Waals surface area contributed by atoms with Crippen molar-refractivity contribution >= 4 is 16.7 Å². The maximum Gasteiger partial charge on any atom is 0.291 e. The van der Waals surface area contributed by atoms with Gasteiger partial charge in [0.2, 0.25) is 0 Å². The number of nitrogens with two attached hydrogens (primary N) is 1. The van der Waals surface area contributed by atoms with E-state index in [2.05, 4.69) is 4.98 Å². The van der Waals surface area contributed by atoms with Gasteiger partial charge in [0.15, 0.2) is 5.75 Å². The lowest BCUT2D eigenvalue weighted by Crippen LogP contribution is -2.14. The summed E-state index contributed by atoms with van der Waals surface area (Å²) in [5, 5.41) is 8.41. The number of aromatic nitrogens is 1. The van der Waals surface area contributed by atoms with Crippen LogP contribution >= 0.6 is 0 Å². The van der Waals surface area contributed by atoms with Crippen LogP contribution in [0.2, 0.25) is 0 Å². The fraction of sp³-hybridized carbons (Fsp3) is 0. The van der Waals surface area contributed by atoms with Crippen LogP contribution in [0.5, 0.6) is 11.5 Å². The van der Waals surface area contributed by atoms with Crippen LogP contribution in [0, 0.1) is 5.41 Å². The molecule has 1 heterocycles. The van der Waals surface area contributed by atoms with Gasteiger partial charge in [0.25, 0.3) is 5.56 Å². The number of pyridine rings is 1. The number of rotatable bonds is 3. The molecule has 1 aromatic heterocycles. The van der Waals surface area contributed by atoms with Gasteiger partial charge < -0.3 is 15.5 Å². The Morgan fingerprint density at radius 2 is 1.76 bits per heavy atom. The quantitative estimate of drug-likeness (QED) is 0.508. The van der Waals surface area contributed by atoms with E-state index >= 15 is 0 Å². The summed E-state index contributed by atoms with van der Waals surface area (Å²) >= 11 is 0. The molecule has 0 saturated heterocycles. The number of nitrogens with one attached hydrogen (secondary N) is 2. The minimum absolute atomic E-state index is 0.109. The van der Waals surface area contributed by atoms with E-state index in [1.807, 2.05) is 24.3 Å². The van der Waals surface area contributed by atoms with Crippen LogP contribution in [-0.2, 0) is 0 Å². The number of amidine groups is 1. The molecule has 0 atom stereocenters. The van der Waals surface area contributed by atoms with Gasteiger partial charge in [-0.15, -0.1) is 0 Å². The maximum atomic E-state index is 12.1. The average molecular weight is 279 g/mol.